The van der Waals surface area contributed by atoms with Crippen LogP contribution in [-0.2, 0) is 6.61 Å². The van der Waals surface area contributed by atoms with Crippen molar-refractivity contribution in [1.82, 2.24) is 9.97 Å². The molecular formula is C11H10Cl2N2O. The van der Waals surface area contributed by atoms with E-state index in [2.05, 4.69) is 9.97 Å². The van der Waals surface area contributed by atoms with E-state index >= 15 is 0 Å². The van der Waals surface area contributed by atoms with Crippen LogP contribution in [-0.4, -0.2) is 15.1 Å². The van der Waals surface area contributed by atoms with E-state index in [4.69, 9.17) is 28.3 Å². The summed E-state index contributed by atoms with van der Waals surface area (Å²) >= 11 is 11.8. The van der Waals surface area contributed by atoms with Gasteiger partial charge in [-0.2, -0.15) is 0 Å². The van der Waals surface area contributed by atoms with Gasteiger partial charge in [-0.3, -0.25) is 0 Å². The monoisotopic (exact) mass is 256 g/mol. The smallest absolute Gasteiger partial charge is 0.132 e. The zero-order chi connectivity index (χ0) is 11.7. The molecule has 0 amide bonds. The lowest BCUT2D eigenvalue weighted by Crippen LogP contribution is -1.85. The lowest BCUT2D eigenvalue weighted by Gasteiger charge is -2.00. The minimum atomic E-state index is -0.109. The van der Waals surface area contributed by atoms with Gasteiger partial charge in [0.1, 0.15) is 12.4 Å². The van der Waals surface area contributed by atoms with Crippen LogP contribution in [0.2, 0.25) is 10.0 Å². The van der Waals surface area contributed by atoms with Gasteiger partial charge in [0.2, 0.25) is 0 Å². The van der Waals surface area contributed by atoms with E-state index in [0.29, 0.717) is 15.9 Å². The summed E-state index contributed by atoms with van der Waals surface area (Å²) in [6, 6.07) is 5.33. The van der Waals surface area contributed by atoms with Crippen molar-refractivity contribution in [3.63, 3.8) is 0 Å². The number of halogens is 2. The number of aliphatic hydroxyl groups excluding tert-OH is 1. The molecule has 0 aliphatic heterocycles. The van der Waals surface area contributed by atoms with Crippen molar-refractivity contribution < 1.29 is 5.11 Å². The number of nitrogens with one attached hydrogen (secondary N) is 1. The normalized spacial score (nSPS) is 10.8. The summed E-state index contributed by atoms with van der Waals surface area (Å²) in [6.07, 6.45) is 0. The fourth-order valence-electron chi connectivity index (χ4n) is 1.52. The number of benzene rings is 1. The Balaban J connectivity index is 2.49. The Morgan fingerprint density at radius 1 is 1.31 bits per heavy atom. The molecule has 0 fully saturated rings. The van der Waals surface area contributed by atoms with Crippen molar-refractivity contribution in [2.24, 2.45) is 0 Å². The number of hydrogen-bond acceptors (Lipinski definition) is 2. The molecule has 16 heavy (non-hydrogen) atoms. The molecule has 2 N–H and O–H groups in total. The van der Waals surface area contributed by atoms with E-state index in [1.54, 1.807) is 12.1 Å². The highest BCUT2D eigenvalue weighted by molar-refractivity contribution is 6.42. The molecule has 0 aliphatic rings. The summed E-state index contributed by atoms with van der Waals surface area (Å²) in [5.41, 5.74) is 2.55. The van der Waals surface area contributed by atoms with E-state index in [-0.39, 0.29) is 6.61 Å². The first-order valence-electron chi connectivity index (χ1n) is 4.73. The largest absolute Gasteiger partial charge is 0.388 e. The Bertz CT molecular complexity index is 523. The number of rotatable bonds is 2. The van der Waals surface area contributed by atoms with Gasteiger partial charge < -0.3 is 10.1 Å². The number of aromatic nitrogens is 2. The molecule has 2 rings (SSSR count). The lowest BCUT2D eigenvalue weighted by molar-refractivity contribution is 0.272. The summed E-state index contributed by atoms with van der Waals surface area (Å²) in [7, 11) is 0. The molecule has 84 valence electrons. The number of imidazole rings is 1. The molecular weight excluding hydrogens is 247 g/mol. The lowest BCUT2D eigenvalue weighted by atomic mass is 10.1. The number of nitrogens with zero attached hydrogens (tertiary/aromatic N) is 1. The van der Waals surface area contributed by atoms with Crippen LogP contribution in [0.15, 0.2) is 18.2 Å². The van der Waals surface area contributed by atoms with Gasteiger partial charge in [-0.1, -0.05) is 29.3 Å². The van der Waals surface area contributed by atoms with Crippen LogP contribution >= 0.6 is 23.2 Å². The molecule has 1 aromatic carbocycles. The van der Waals surface area contributed by atoms with Gasteiger partial charge in [0.15, 0.2) is 0 Å². The third-order valence-electron chi connectivity index (χ3n) is 2.28. The molecule has 0 radical (unpaired) electrons. The zero-order valence-corrected chi connectivity index (χ0v) is 10.1. The number of aryl methyl sites for hydroxylation is 1. The Labute approximate surface area is 103 Å². The Kier molecular flexibility index (Phi) is 3.19. The summed E-state index contributed by atoms with van der Waals surface area (Å²) in [6.45, 7) is 1.78. The van der Waals surface area contributed by atoms with Crippen LogP contribution in [0.5, 0.6) is 0 Å². The fraction of sp³-hybridized carbons (Fsp3) is 0.182. The van der Waals surface area contributed by atoms with Crippen LogP contribution in [0.25, 0.3) is 11.3 Å². The molecule has 2 aromatic rings. The number of aromatic amines is 1. The third kappa shape index (κ3) is 2.07. The minimum absolute atomic E-state index is 0.109. The molecule has 0 atom stereocenters. The van der Waals surface area contributed by atoms with E-state index < -0.39 is 0 Å². The molecule has 1 aromatic heterocycles. The van der Waals surface area contributed by atoms with Crippen molar-refractivity contribution in [3.05, 3.63) is 39.8 Å². The van der Waals surface area contributed by atoms with Crippen molar-refractivity contribution in [2.45, 2.75) is 13.5 Å². The van der Waals surface area contributed by atoms with Gasteiger partial charge in [-0.25, -0.2) is 4.98 Å². The van der Waals surface area contributed by atoms with Gasteiger partial charge >= 0.3 is 0 Å². The van der Waals surface area contributed by atoms with Gasteiger partial charge in [0, 0.05) is 11.3 Å². The van der Waals surface area contributed by atoms with Gasteiger partial charge in [-0.05, 0) is 19.1 Å². The second-order valence-corrected chi connectivity index (χ2v) is 4.26. The number of H-pyrrole nitrogens is 1. The third-order valence-corrected chi connectivity index (χ3v) is 3.02. The quantitative estimate of drug-likeness (QED) is 0.867. The molecule has 5 heteroatoms. The maximum Gasteiger partial charge on any atom is 0.132 e. The Morgan fingerprint density at radius 2 is 2.06 bits per heavy atom. The van der Waals surface area contributed by atoms with E-state index in [1.165, 1.54) is 0 Å². The summed E-state index contributed by atoms with van der Waals surface area (Å²) < 4.78 is 0. The second kappa shape index (κ2) is 4.45. The van der Waals surface area contributed by atoms with Crippen molar-refractivity contribution in [1.29, 1.82) is 0 Å². The van der Waals surface area contributed by atoms with Crippen molar-refractivity contribution >= 4 is 23.2 Å². The van der Waals surface area contributed by atoms with Crippen molar-refractivity contribution in [2.75, 3.05) is 0 Å². The van der Waals surface area contributed by atoms with Gasteiger partial charge in [-0.15, -0.1) is 0 Å². The highest BCUT2D eigenvalue weighted by Gasteiger charge is 2.09. The first-order chi connectivity index (χ1) is 7.61. The first kappa shape index (κ1) is 11.5. The molecule has 0 saturated carbocycles. The van der Waals surface area contributed by atoms with Crippen molar-refractivity contribution in [3.8, 4) is 11.3 Å². The Hall–Kier alpha value is -1.03. The highest BCUT2D eigenvalue weighted by atomic mass is 35.5. The van der Waals surface area contributed by atoms with E-state index in [1.807, 2.05) is 13.0 Å². The fourth-order valence-corrected chi connectivity index (χ4v) is 1.82. The van der Waals surface area contributed by atoms with Crippen LogP contribution < -0.4 is 0 Å². The SMILES string of the molecule is Cc1[nH]c(CO)nc1-c1ccc(Cl)c(Cl)c1. The van der Waals surface area contributed by atoms with Gasteiger partial charge in [0.25, 0.3) is 0 Å². The molecule has 0 unspecified atom stereocenters. The molecule has 0 saturated heterocycles. The topological polar surface area (TPSA) is 48.9 Å². The molecule has 3 nitrogen and oxygen atoms in total. The van der Waals surface area contributed by atoms with Crippen LogP contribution in [0.1, 0.15) is 11.5 Å². The average Bonchev–Trinajstić information content (AvgIpc) is 2.64. The average molecular weight is 257 g/mol. The molecule has 0 bridgehead atoms. The first-order valence-corrected chi connectivity index (χ1v) is 5.49. The minimum Gasteiger partial charge on any atom is -0.388 e. The summed E-state index contributed by atoms with van der Waals surface area (Å²) in [4.78, 5) is 7.25. The maximum atomic E-state index is 8.98. The molecule has 1 heterocycles. The maximum absolute atomic E-state index is 8.98. The molecule has 0 aliphatic carbocycles. The predicted molar refractivity (Wildman–Crippen MR) is 64.7 cm³/mol. The van der Waals surface area contributed by atoms with Gasteiger partial charge in [0.05, 0.1) is 15.7 Å². The van der Waals surface area contributed by atoms with E-state index in [0.717, 1.165) is 17.0 Å². The second-order valence-electron chi connectivity index (χ2n) is 3.44. The number of hydrogen-bond donors (Lipinski definition) is 2. The zero-order valence-electron chi connectivity index (χ0n) is 8.59. The number of aliphatic hydroxyl groups is 1. The molecule has 0 spiro atoms. The highest BCUT2D eigenvalue weighted by Crippen LogP contribution is 2.29. The predicted octanol–water partition coefficient (Wildman–Crippen LogP) is 3.18. The van der Waals surface area contributed by atoms with Crippen LogP contribution in [0.3, 0.4) is 0 Å². The van der Waals surface area contributed by atoms with E-state index in [9.17, 15) is 0 Å². The Morgan fingerprint density at radius 3 is 2.62 bits per heavy atom. The van der Waals surface area contributed by atoms with Crippen LogP contribution in [0, 0.1) is 6.92 Å². The summed E-state index contributed by atoms with van der Waals surface area (Å²) in [5.74, 6) is 0.540. The standard InChI is InChI=1S/C11H10Cl2N2O/c1-6-11(15-10(5-16)14-6)7-2-3-8(12)9(13)4-7/h2-4,16H,5H2,1H3,(H,14,15). The van der Waals surface area contributed by atoms with Crippen LogP contribution in [0.4, 0.5) is 0 Å². The summed E-state index contributed by atoms with van der Waals surface area (Å²) in [5, 5.41) is 9.99.